The molecule has 0 bridgehead atoms. The third-order valence-corrected chi connectivity index (χ3v) is 5.45. The van der Waals surface area contributed by atoms with Gasteiger partial charge in [-0.15, -0.1) is 0 Å². The van der Waals surface area contributed by atoms with Crippen LogP contribution in [0.2, 0.25) is 5.02 Å². The van der Waals surface area contributed by atoms with Crippen molar-refractivity contribution in [2.24, 2.45) is 0 Å². The number of halogens is 2. The summed E-state index contributed by atoms with van der Waals surface area (Å²) < 4.78 is 40.0. The number of hydrogen-bond donors (Lipinski definition) is 2. The largest absolute Gasteiger partial charge is 0.347 e. The lowest BCUT2D eigenvalue weighted by Crippen LogP contribution is -2.25. The second kappa shape index (κ2) is 9.03. The summed E-state index contributed by atoms with van der Waals surface area (Å²) >= 11 is 5.62. The van der Waals surface area contributed by atoms with Gasteiger partial charge in [-0.25, -0.2) is 22.5 Å². The van der Waals surface area contributed by atoms with Gasteiger partial charge in [0, 0.05) is 18.9 Å². The lowest BCUT2D eigenvalue weighted by molar-refractivity contribution is 0.0945. The van der Waals surface area contributed by atoms with Crippen molar-refractivity contribution in [3.63, 3.8) is 0 Å². The molecule has 3 aromatic rings. The van der Waals surface area contributed by atoms with Gasteiger partial charge in [0.15, 0.2) is 0 Å². The van der Waals surface area contributed by atoms with E-state index in [-0.39, 0.29) is 28.7 Å². The summed E-state index contributed by atoms with van der Waals surface area (Å²) in [6, 6.07) is 6.67. The molecule has 0 atom stereocenters. The molecule has 3 rings (SSSR count). The maximum Gasteiger partial charge on any atom is 0.271 e. The van der Waals surface area contributed by atoms with Crippen molar-refractivity contribution < 1.29 is 17.6 Å². The molecule has 1 amide bonds. The highest BCUT2D eigenvalue weighted by Gasteiger charge is 2.16. The molecule has 2 aromatic heterocycles. The lowest BCUT2D eigenvalue weighted by atomic mass is 10.3. The van der Waals surface area contributed by atoms with Crippen LogP contribution in [-0.4, -0.2) is 29.3 Å². The molecule has 0 spiro atoms. The zero-order valence-corrected chi connectivity index (χ0v) is 16.4. The Morgan fingerprint density at radius 1 is 1.10 bits per heavy atom. The minimum Gasteiger partial charge on any atom is -0.347 e. The smallest absolute Gasteiger partial charge is 0.271 e. The summed E-state index contributed by atoms with van der Waals surface area (Å²) in [7, 11) is -3.92. The SMILES string of the molecule is O=C(NCc1cccnc1)c1cnc(CNS(=O)(=O)c2ccc(F)c(Cl)c2)cn1. The Balaban J connectivity index is 1.58. The maximum absolute atomic E-state index is 13.2. The third-order valence-electron chi connectivity index (χ3n) is 3.76. The molecule has 0 aliphatic rings. The molecular formula is C18H15ClFN5O3S. The van der Waals surface area contributed by atoms with Gasteiger partial charge in [0.1, 0.15) is 11.5 Å². The molecule has 0 saturated carbocycles. The predicted octanol–water partition coefficient (Wildman–Crippen LogP) is 2.07. The van der Waals surface area contributed by atoms with Gasteiger partial charge in [-0.2, -0.15) is 0 Å². The molecule has 2 heterocycles. The second-order valence-electron chi connectivity index (χ2n) is 5.84. The van der Waals surface area contributed by atoms with Crippen LogP contribution < -0.4 is 10.0 Å². The minimum absolute atomic E-state index is 0.0887. The van der Waals surface area contributed by atoms with E-state index in [0.717, 1.165) is 23.8 Å². The molecule has 0 aliphatic heterocycles. The number of hydrogen-bond acceptors (Lipinski definition) is 6. The predicted molar refractivity (Wildman–Crippen MR) is 103 cm³/mol. The average Bonchev–Trinajstić information content (AvgIpc) is 2.73. The fourth-order valence-electron chi connectivity index (χ4n) is 2.24. The normalized spacial score (nSPS) is 11.2. The molecule has 0 aliphatic carbocycles. The van der Waals surface area contributed by atoms with Gasteiger partial charge in [0.05, 0.1) is 34.6 Å². The zero-order chi connectivity index (χ0) is 20.9. The molecule has 0 fully saturated rings. The van der Waals surface area contributed by atoms with Crippen LogP contribution in [0.5, 0.6) is 0 Å². The van der Waals surface area contributed by atoms with Crippen molar-refractivity contribution in [3.8, 4) is 0 Å². The molecule has 0 saturated heterocycles. The summed E-state index contributed by atoms with van der Waals surface area (Å²) in [5, 5.41) is 2.39. The number of pyridine rings is 1. The molecule has 11 heteroatoms. The first-order valence-electron chi connectivity index (χ1n) is 8.28. The molecule has 0 unspecified atom stereocenters. The minimum atomic E-state index is -3.92. The highest BCUT2D eigenvalue weighted by Crippen LogP contribution is 2.19. The van der Waals surface area contributed by atoms with Crippen LogP contribution in [0, 0.1) is 5.82 Å². The monoisotopic (exact) mass is 435 g/mol. The van der Waals surface area contributed by atoms with Crippen LogP contribution >= 0.6 is 11.6 Å². The summed E-state index contributed by atoms with van der Waals surface area (Å²) in [5.74, 6) is -1.14. The van der Waals surface area contributed by atoms with Gasteiger partial charge in [0.2, 0.25) is 10.0 Å². The fraction of sp³-hybridized carbons (Fsp3) is 0.111. The average molecular weight is 436 g/mol. The number of carbonyl (C=O) groups is 1. The van der Waals surface area contributed by atoms with E-state index in [1.807, 2.05) is 6.07 Å². The number of nitrogens with zero attached hydrogens (tertiary/aromatic N) is 3. The number of benzene rings is 1. The van der Waals surface area contributed by atoms with E-state index < -0.39 is 21.7 Å². The number of carbonyl (C=O) groups excluding carboxylic acids is 1. The van der Waals surface area contributed by atoms with E-state index >= 15 is 0 Å². The molecular weight excluding hydrogens is 421 g/mol. The topological polar surface area (TPSA) is 114 Å². The highest BCUT2D eigenvalue weighted by molar-refractivity contribution is 7.89. The number of sulfonamides is 1. The zero-order valence-electron chi connectivity index (χ0n) is 14.8. The standard InChI is InChI=1S/C18H15ClFN5O3S/c19-15-6-14(3-4-16(15)20)29(27,28)25-10-13-9-23-17(11-22-13)18(26)24-8-12-2-1-5-21-7-12/h1-7,9,11,25H,8,10H2,(H,24,26). The summed E-state index contributed by atoms with van der Waals surface area (Å²) in [6.07, 6.45) is 5.81. The molecule has 0 radical (unpaired) electrons. The van der Waals surface area contributed by atoms with E-state index in [0.29, 0.717) is 5.69 Å². The van der Waals surface area contributed by atoms with Crippen molar-refractivity contribution in [1.29, 1.82) is 0 Å². The fourth-order valence-corrected chi connectivity index (χ4v) is 3.51. The number of nitrogens with one attached hydrogen (secondary N) is 2. The first-order chi connectivity index (χ1) is 13.8. The molecule has 8 nitrogen and oxygen atoms in total. The van der Waals surface area contributed by atoms with Crippen LogP contribution in [0.4, 0.5) is 4.39 Å². The highest BCUT2D eigenvalue weighted by atomic mass is 35.5. The van der Waals surface area contributed by atoms with Crippen LogP contribution in [-0.2, 0) is 23.1 Å². The van der Waals surface area contributed by atoms with Crippen LogP contribution in [0.1, 0.15) is 21.7 Å². The Labute approximate surface area is 171 Å². The summed E-state index contributed by atoms with van der Waals surface area (Å²) in [4.78, 5) is 23.9. The maximum atomic E-state index is 13.2. The third kappa shape index (κ3) is 5.53. The number of amides is 1. The van der Waals surface area contributed by atoms with Crippen LogP contribution in [0.25, 0.3) is 0 Å². The van der Waals surface area contributed by atoms with Crippen molar-refractivity contribution in [1.82, 2.24) is 25.0 Å². The number of aromatic nitrogens is 3. The quantitative estimate of drug-likeness (QED) is 0.587. The first-order valence-corrected chi connectivity index (χ1v) is 10.1. The van der Waals surface area contributed by atoms with E-state index in [1.54, 1.807) is 18.5 Å². The Morgan fingerprint density at radius 2 is 1.93 bits per heavy atom. The van der Waals surface area contributed by atoms with Gasteiger partial charge in [-0.1, -0.05) is 17.7 Å². The van der Waals surface area contributed by atoms with Gasteiger partial charge in [-0.3, -0.25) is 14.8 Å². The van der Waals surface area contributed by atoms with E-state index in [2.05, 4.69) is 25.0 Å². The number of rotatable bonds is 7. The van der Waals surface area contributed by atoms with Crippen molar-refractivity contribution in [2.45, 2.75) is 18.0 Å². The second-order valence-corrected chi connectivity index (χ2v) is 8.01. The Morgan fingerprint density at radius 3 is 2.59 bits per heavy atom. The molecule has 150 valence electrons. The van der Waals surface area contributed by atoms with Crippen molar-refractivity contribution in [2.75, 3.05) is 0 Å². The van der Waals surface area contributed by atoms with E-state index in [9.17, 15) is 17.6 Å². The van der Waals surface area contributed by atoms with Crippen molar-refractivity contribution in [3.05, 3.63) is 82.9 Å². The van der Waals surface area contributed by atoms with E-state index in [4.69, 9.17) is 11.6 Å². The lowest BCUT2D eigenvalue weighted by Gasteiger charge is -2.08. The van der Waals surface area contributed by atoms with Crippen molar-refractivity contribution >= 4 is 27.5 Å². The Kier molecular flexibility index (Phi) is 6.47. The van der Waals surface area contributed by atoms with Gasteiger partial charge in [0.25, 0.3) is 5.91 Å². The van der Waals surface area contributed by atoms with E-state index in [1.165, 1.54) is 12.4 Å². The molecule has 2 N–H and O–H groups in total. The Hall–Kier alpha value is -2.95. The molecule has 1 aromatic carbocycles. The van der Waals surface area contributed by atoms with Gasteiger partial charge in [-0.05, 0) is 29.8 Å². The summed E-state index contributed by atoms with van der Waals surface area (Å²) in [6.45, 7) is 0.123. The van der Waals surface area contributed by atoms with Crippen LogP contribution in [0.3, 0.4) is 0 Å². The Bertz CT molecular complexity index is 1110. The van der Waals surface area contributed by atoms with Gasteiger partial charge < -0.3 is 5.32 Å². The first kappa shape index (κ1) is 20.8. The summed E-state index contributed by atoms with van der Waals surface area (Å²) in [5.41, 5.74) is 1.22. The van der Waals surface area contributed by atoms with Gasteiger partial charge >= 0.3 is 0 Å². The molecule has 29 heavy (non-hydrogen) atoms. The van der Waals surface area contributed by atoms with Crippen LogP contribution in [0.15, 0.2) is 60.0 Å².